The van der Waals surface area contributed by atoms with Gasteiger partial charge < -0.3 is 15.3 Å². The van der Waals surface area contributed by atoms with Gasteiger partial charge in [0.25, 0.3) is 0 Å². The van der Waals surface area contributed by atoms with Crippen molar-refractivity contribution >= 4 is 17.6 Å². The van der Waals surface area contributed by atoms with E-state index in [1.165, 1.54) is 6.42 Å². The molecule has 2 N–H and O–H groups in total. The summed E-state index contributed by atoms with van der Waals surface area (Å²) in [5.74, 6) is -0.134. The van der Waals surface area contributed by atoms with E-state index in [0.29, 0.717) is 43.6 Å². The molecule has 2 heterocycles. The van der Waals surface area contributed by atoms with Crippen molar-refractivity contribution in [2.45, 2.75) is 88.9 Å². The zero-order valence-electron chi connectivity index (χ0n) is 23.7. The lowest BCUT2D eigenvalue weighted by Gasteiger charge is -2.52. The number of amides is 2. The Balaban J connectivity index is 1.23. The molecule has 0 aromatic heterocycles. The summed E-state index contributed by atoms with van der Waals surface area (Å²) in [7, 11) is 0. The molecule has 0 bridgehead atoms. The Bertz CT molecular complexity index is 1170. The van der Waals surface area contributed by atoms with E-state index in [2.05, 4.69) is 17.1 Å². The van der Waals surface area contributed by atoms with Crippen LogP contribution in [0.3, 0.4) is 0 Å². The quantitative estimate of drug-likeness (QED) is 0.458. The van der Waals surface area contributed by atoms with E-state index < -0.39 is 17.7 Å². The van der Waals surface area contributed by atoms with Crippen LogP contribution in [0.1, 0.15) is 86.2 Å². The first-order valence-corrected chi connectivity index (χ1v) is 15.1. The molecule has 7 heteroatoms. The lowest BCUT2D eigenvalue weighted by Crippen LogP contribution is -2.75. The molecule has 2 atom stereocenters. The van der Waals surface area contributed by atoms with Crippen molar-refractivity contribution in [2.75, 3.05) is 19.6 Å². The number of carbonyl (C=O) groups is 3. The zero-order chi connectivity index (χ0) is 28.1. The predicted octanol–water partition coefficient (Wildman–Crippen LogP) is 4.32. The third-order valence-electron chi connectivity index (χ3n) is 9.31. The molecule has 0 radical (unpaired) electrons. The van der Waals surface area contributed by atoms with Crippen LogP contribution in [0.5, 0.6) is 0 Å². The fourth-order valence-electron chi connectivity index (χ4n) is 6.81. The van der Waals surface area contributed by atoms with E-state index in [4.69, 9.17) is 0 Å². The first-order valence-electron chi connectivity index (χ1n) is 15.1. The first kappa shape index (κ1) is 28.5. The fraction of sp³-hybridized carbons (Fsp3) is 0.545. The average molecular weight is 546 g/mol. The summed E-state index contributed by atoms with van der Waals surface area (Å²) in [6.07, 6.45) is 7.24. The van der Waals surface area contributed by atoms with Crippen LogP contribution >= 0.6 is 0 Å². The van der Waals surface area contributed by atoms with Gasteiger partial charge in [-0.3, -0.25) is 19.3 Å². The maximum absolute atomic E-state index is 13.8. The standard InChI is InChI=1S/C33H43N3O4/c1-2-3-20-36-31(39)28(30(38)26-12-8-5-9-13-26)34-32(40)33(36)18-21-35(22-19-33)23-24-14-16-27(17-15-24)29(37)25-10-6-4-7-11-25/h4,6-7,10-11,14-17,26,28,30,38H,2-3,5,8-9,12-13,18-23H2,1H3,(H,34,40)/t28-,30-/m1/s1. The molecular weight excluding hydrogens is 502 g/mol. The molecule has 3 aliphatic rings. The number of piperazine rings is 1. The van der Waals surface area contributed by atoms with Crippen LogP contribution in [0.25, 0.3) is 0 Å². The van der Waals surface area contributed by atoms with Crippen molar-refractivity contribution in [2.24, 2.45) is 5.92 Å². The number of aliphatic hydroxyl groups excluding tert-OH is 1. The van der Waals surface area contributed by atoms with Crippen molar-refractivity contribution in [3.63, 3.8) is 0 Å². The Labute approximate surface area is 237 Å². The van der Waals surface area contributed by atoms with Crippen LogP contribution < -0.4 is 5.32 Å². The molecule has 7 nitrogen and oxygen atoms in total. The van der Waals surface area contributed by atoms with Crippen LogP contribution in [0.2, 0.25) is 0 Å². The van der Waals surface area contributed by atoms with Crippen LogP contribution in [-0.2, 0) is 16.1 Å². The van der Waals surface area contributed by atoms with Crippen molar-refractivity contribution in [3.05, 3.63) is 71.3 Å². The number of rotatable bonds is 9. The van der Waals surface area contributed by atoms with Gasteiger partial charge in [-0.1, -0.05) is 87.2 Å². The number of piperidine rings is 1. The van der Waals surface area contributed by atoms with Crippen molar-refractivity contribution < 1.29 is 19.5 Å². The van der Waals surface area contributed by atoms with E-state index >= 15 is 0 Å². The van der Waals surface area contributed by atoms with E-state index in [0.717, 1.165) is 50.6 Å². The average Bonchev–Trinajstić information content (AvgIpc) is 3.00. The molecule has 5 rings (SSSR count). The van der Waals surface area contributed by atoms with Crippen LogP contribution in [0, 0.1) is 5.92 Å². The summed E-state index contributed by atoms with van der Waals surface area (Å²) < 4.78 is 0. The van der Waals surface area contributed by atoms with Gasteiger partial charge in [0, 0.05) is 37.3 Å². The third kappa shape index (κ3) is 5.86. The number of aliphatic hydroxyl groups is 1. The highest BCUT2D eigenvalue weighted by molar-refractivity contribution is 6.09. The van der Waals surface area contributed by atoms with Crippen LogP contribution in [0.4, 0.5) is 0 Å². The number of ketones is 1. The molecule has 1 spiro atoms. The van der Waals surface area contributed by atoms with Gasteiger partial charge in [-0.2, -0.15) is 0 Å². The van der Waals surface area contributed by atoms with Crippen molar-refractivity contribution in [1.82, 2.24) is 15.1 Å². The molecular formula is C33H43N3O4. The molecule has 2 amide bonds. The number of nitrogens with zero attached hydrogens (tertiary/aromatic N) is 2. The van der Waals surface area contributed by atoms with Crippen LogP contribution in [0.15, 0.2) is 54.6 Å². The smallest absolute Gasteiger partial charge is 0.248 e. The van der Waals surface area contributed by atoms with Gasteiger partial charge in [0.15, 0.2) is 5.78 Å². The van der Waals surface area contributed by atoms with E-state index in [1.807, 2.05) is 59.5 Å². The normalized spacial score (nSPS) is 22.8. The second-order valence-corrected chi connectivity index (χ2v) is 11.9. The van der Waals surface area contributed by atoms with Gasteiger partial charge in [0.1, 0.15) is 11.6 Å². The molecule has 3 fully saturated rings. The van der Waals surface area contributed by atoms with Gasteiger partial charge >= 0.3 is 0 Å². The molecule has 40 heavy (non-hydrogen) atoms. The Morgan fingerprint density at radius 3 is 2.27 bits per heavy atom. The molecule has 2 aromatic rings. The highest BCUT2D eigenvalue weighted by Gasteiger charge is 2.55. The number of hydrogen-bond acceptors (Lipinski definition) is 5. The fourth-order valence-corrected chi connectivity index (χ4v) is 6.81. The number of nitrogens with one attached hydrogen (secondary N) is 1. The second-order valence-electron chi connectivity index (χ2n) is 11.9. The highest BCUT2D eigenvalue weighted by Crippen LogP contribution is 2.36. The largest absolute Gasteiger partial charge is 0.390 e. The van der Waals surface area contributed by atoms with Crippen molar-refractivity contribution in [3.8, 4) is 0 Å². The number of unbranched alkanes of at least 4 members (excludes halogenated alkanes) is 1. The minimum atomic E-state index is -0.850. The lowest BCUT2D eigenvalue weighted by atomic mass is 9.78. The SMILES string of the molecule is CCCCN1C(=O)[C@@H]([C@H](O)C2CCCCC2)NC(=O)C12CCN(Cc1ccc(C(=O)c3ccccc3)cc1)CC2. The highest BCUT2D eigenvalue weighted by atomic mass is 16.3. The second kappa shape index (κ2) is 12.6. The Kier molecular flexibility index (Phi) is 9.01. The van der Waals surface area contributed by atoms with Crippen LogP contribution in [-0.4, -0.2) is 69.8 Å². The molecule has 2 saturated heterocycles. The first-order chi connectivity index (χ1) is 19.4. The third-order valence-corrected chi connectivity index (χ3v) is 9.31. The van der Waals surface area contributed by atoms with Crippen molar-refractivity contribution in [1.29, 1.82) is 0 Å². The number of likely N-dealkylation sites (tertiary alicyclic amines) is 1. The number of carbonyl (C=O) groups excluding carboxylic acids is 3. The molecule has 1 aliphatic carbocycles. The lowest BCUT2D eigenvalue weighted by molar-refractivity contribution is -0.166. The van der Waals surface area contributed by atoms with E-state index in [1.54, 1.807) is 0 Å². The maximum Gasteiger partial charge on any atom is 0.248 e. The monoisotopic (exact) mass is 545 g/mol. The Hall–Kier alpha value is -3.03. The van der Waals surface area contributed by atoms with Gasteiger partial charge in [-0.15, -0.1) is 0 Å². The van der Waals surface area contributed by atoms with Gasteiger partial charge in [0.05, 0.1) is 6.10 Å². The van der Waals surface area contributed by atoms with Gasteiger partial charge in [-0.05, 0) is 43.6 Å². The number of benzene rings is 2. The summed E-state index contributed by atoms with van der Waals surface area (Å²) in [6, 6.07) is 16.2. The maximum atomic E-state index is 13.8. The summed E-state index contributed by atoms with van der Waals surface area (Å²) in [5, 5.41) is 14.1. The van der Waals surface area contributed by atoms with E-state index in [-0.39, 0.29) is 23.5 Å². The Morgan fingerprint density at radius 2 is 1.62 bits per heavy atom. The van der Waals surface area contributed by atoms with Gasteiger partial charge in [-0.25, -0.2) is 0 Å². The summed E-state index contributed by atoms with van der Waals surface area (Å²) in [6.45, 7) is 4.77. The minimum Gasteiger partial charge on any atom is -0.390 e. The molecule has 214 valence electrons. The predicted molar refractivity (Wildman–Crippen MR) is 155 cm³/mol. The minimum absolute atomic E-state index is 0.0131. The van der Waals surface area contributed by atoms with Gasteiger partial charge in [0.2, 0.25) is 11.8 Å². The number of hydrogen-bond donors (Lipinski definition) is 2. The molecule has 1 saturated carbocycles. The summed E-state index contributed by atoms with van der Waals surface area (Å²) in [4.78, 5) is 44.4. The summed E-state index contributed by atoms with van der Waals surface area (Å²) >= 11 is 0. The van der Waals surface area contributed by atoms with E-state index in [9.17, 15) is 19.5 Å². The topological polar surface area (TPSA) is 90.0 Å². The summed E-state index contributed by atoms with van der Waals surface area (Å²) in [5.41, 5.74) is 1.61. The Morgan fingerprint density at radius 1 is 0.975 bits per heavy atom. The molecule has 2 aromatic carbocycles. The molecule has 2 aliphatic heterocycles. The molecule has 0 unspecified atom stereocenters. The zero-order valence-corrected chi connectivity index (χ0v) is 23.7.